The summed E-state index contributed by atoms with van der Waals surface area (Å²) in [6.45, 7) is 0.0833. The first-order chi connectivity index (χ1) is 5.57. The van der Waals surface area contributed by atoms with Crippen molar-refractivity contribution in [2.45, 2.75) is 12.5 Å². The Bertz CT molecular complexity index is 182. The van der Waals surface area contributed by atoms with E-state index in [1.54, 1.807) is 0 Å². The lowest BCUT2D eigenvalue weighted by Crippen LogP contribution is -2.32. The van der Waals surface area contributed by atoms with E-state index in [0.717, 1.165) is 0 Å². The fraction of sp³-hybridized carbons (Fsp3) is 0.600. The van der Waals surface area contributed by atoms with Crippen molar-refractivity contribution in [2.75, 3.05) is 6.61 Å². The van der Waals surface area contributed by atoms with Gasteiger partial charge >= 0.3 is 12.0 Å². The molecule has 0 heterocycles. The molecule has 1 atom stereocenters. The highest BCUT2D eigenvalue weighted by molar-refractivity contribution is 5.73. The van der Waals surface area contributed by atoms with Crippen molar-refractivity contribution in [1.82, 2.24) is 0 Å². The molecular weight excluding hydrogens is 164 g/mol. The molecule has 0 aromatic rings. The van der Waals surface area contributed by atoms with E-state index in [2.05, 4.69) is 9.84 Å². The van der Waals surface area contributed by atoms with E-state index in [1.807, 2.05) is 0 Å². The minimum atomic E-state index is -1.08. The van der Waals surface area contributed by atoms with Crippen LogP contribution >= 0.6 is 0 Å². The zero-order valence-electron chi connectivity index (χ0n) is 6.43. The lowest BCUT2D eigenvalue weighted by molar-refractivity contribution is -0.138. The standard InChI is InChI=1S/C5H12N4O3/c6-3(4(10)11)1-2-12-5(7)9-8/h3H,1-2,6,8H2,(H2,7,9)(H,10,11)/t3-/m0/s1. The van der Waals surface area contributed by atoms with E-state index in [4.69, 9.17) is 22.4 Å². The molecule has 0 amide bonds. The van der Waals surface area contributed by atoms with Gasteiger partial charge in [0.15, 0.2) is 0 Å². The summed E-state index contributed by atoms with van der Waals surface area (Å²) in [7, 11) is 0. The van der Waals surface area contributed by atoms with E-state index in [0.29, 0.717) is 0 Å². The Balaban J connectivity index is 3.50. The third kappa shape index (κ3) is 4.34. The molecule has 0 spiro atoms. The molecule has 0 aliphatic carbocycles. The van der Waals surface area contributed by atoms with Gasteiger partial charge in [-0.05, 0) is 0 Å². The molecule has 70 valence electrons. The number of amidine groups is 1. The highest BCUT2D eigenvalue weighted by Crippen LogP contribution is 1.88. The van der Waals surface area contributed by atoms with Crippen LogP contribution in [-0.4, -0.2) is 29.7 Å². The van der Waals surface area contributed by atoms with E-state index in [-0.39, 0.29) is 19.0 Å². The topological polar surface area (TPSA) is 137 Å². The third-order valence-electron chi connectivity index (χ3n) is 1.12. The van der Waals surface area contributed by atoms with Crippen LogP contribution in [0.1, 0.15) is 6.42 Å². The second kappa shape index (κ2) is 5.19. The minimum Gasteiger partial charge on any atom is -0.480 e. The summed E-state index contributed by atoms with van der Waals surface area (Å²) in [6.07, 6.45) is 0.158. The fourth-order valence-corrected chi connectivity index (χ4v) is 0.451. The minimum absolute atomic E-state index is 0.0833. The van der Waals surface area contributed by atoms with Crippen LogP contribution in [0.2, 0.25) is 0 Å². The molecule has 0 saturated carbocycles. The van der Waals surface area contributed by atoms with Gasteiger partial charge in [-0.1, -0.05) is 0 Å². The number of nitrogens with two attached hydrogens (primary N) is 3. The largest absolute Gasteiger partial charge is 0.480 e. The monoisotopic (exact) mass is 176 g/mol. The molecule has 0 rings (SSSR count). The summed E-state index contributed by atoms with van der Waals surface area (Å²) in [5.41, 5.74) is 10.2. The zero-order valence-corrected chi connectivity index (χ0v) is 6.43. The third-order valence-corrected chi connectivity index (χ3v) is 1.12. The summed E-state index contributed by atoms with van der Waals surface area (Å²) >= 11 is 0. The predicted molar refractivity (Wildman–Crippen MR) is 42.0 cm³/mol. The van der Waals surface area contributed by atoms with Crippen LogP contribution in [0.4, 0.5) is 0 Å². The molecule has 0 radical (unpaired) electrons. The van der Waals surface area contributed by atoms with Crippen LogP contribution in [0.5, 0.6) is 0 Å². The predicted octanol–water partition coefficient (Wildman–Crippen LogP) is -2.01. The highest BCUT2D eigenvalue weighted by Gasteiger charge is 2.10. The van der Waals surface area contributed by atoms with Crippen molar-refractivity contribution in [1.29, 1.82) is 0 Å². The van der Waals surface area contributed by atoms with Gasteiger partial charge in [-0.2, -0.15) is 0 Å². The van der Waals surface area contributed by atoms with Crippen molar-refractivity contribution < 1.29 is 14.6 Å². The number of carbonyl (C=O) groups is 1. The van der Waals surface area contributed by atoms with E-state index in [9.17, 15) is 4.79 Å². The number of carboxylic acid groups (broad SMARTS) is 1. The first-order valence-corrected chi connectivity index (χ1v) is 3.22. The Morgan fingerprint density at radius 1 is 1.67 bits per heavy atom. The number of rotatable bonds is 4. The molecule has 0 saturated heterocycles. The SMILES string of the molecule is N/N=C(\N)OCC[C@H](N)C(=O)O. The smallest absolute Gasteiger partial charge is 0.320 e. The maximum atomic E-state index is 10.2. The quantitative estimate of drug-likeness (QED) is 0.169. The van der Waals surface area contributed by atoms with Crippen molar-refractivity contribution in [3.63, 3.8) is 0 Å². The molecule has 0 aromatic heterocycles. The number of aliphatic carboxylic acids is 1. The maximum Gasteiger partial charge on any atom is 0.320 e. The number of carboxylic acids is 1. The second-order valence-electron chi connectivity index (χ2n) is 2.05. The van der Waals surface area contributed by atoms with Gasteiger partial charge in [0.25, 0.3) is 0 Å². The highest BCUT2D eigenvalue weighted by atomic mass is 16.5. The molecule has 0 aromatic carbocycles. The molecule has 7 heteroatoms. The first-order valence-electron chi connectivity index (χ1n) is 3.22. The fourth-order valence-electron chi connectivity index (χ4n) is 0.451. The van der Waals surface area contributed by atoms with Gasteiger partial charge in [-0.3, -0.25) is 4.79 Å². The summed E-state index contributed by atoms with van der Waals surface area (Å²) in [5, 5.41) is 11.4. The normalized spacial score (nSPS) is 13.9. The van der Waals surface area contributed by atoms with Crippen LogP contribution in [-0.2, 0) is 9.53 Å². The second-order valence-corrected chi connectivity index (χ2v) is 2.05. The van der Waals surface area contributed by atoms with Gasteiger partial charge in [-0.25, -0.2) is 0 Å². The molecule has 7 nitrogen and oxygen atoms in total. The van der Waals surface area contributed by atoms with Gasteiger partial charge in [0.1, 0.15) is 6.04 Å². The summed E-state index contributed by atoms with van der Waals surface area (Å²) in [6, 6.07) is -1.14. The van der Waals surface area contributed by atoms with Gasteiger partial charge in [0.2, 0.25) is 0 Å². The maximum absolute atomic E-state index is 10.2. The molecule has 0 unspecified atom stereocenters. The van der Waals surface area contributed by atoms with Crippen molar-refractivity contribution in [3.05, 3.63) is 0 Å². The summed E-state index contributed by atoms with van der Waals surface area (Å²) < 4.78 is 4.67. The summed E-state index contributed by atoms with van der Waals surface area (Å²) in [5.74, 6) is 3.66. The van der Waals surface area contributed by atoms with E-state index < -0.39 is 12.0 Å². The van der Waals surface area contributed by atoms with E-state index in [1.165, 1.54) is 0 Å². The lowest BCUT2D eigenvalue weighted by atomic mass is 10.2. The Labute approximate surface area is 69.2 Å². The van der Waals surface area contributed by atoms with Crippen LogP contribution < -0.4 is 17.3 Å². The van der Waals surface area contributed by atoms with E-state index >= 15 is 0 Å². The molecule has 7 N–H and O–H groups in total. The van der Waals surface area contributed by atoms with Crippen LogP contribution in [0.3, 0.4) is 0 Å². The molecular formula is C5H12N4O3. The van der Waals surface area contributed by atoms with Crippen LogP contribution in [0.15, 0.2) is 5.10 Å². The van der Waals surface area contributed by atoms with Crippen molar-refractivity contribution >= 4 is 12.0 Å². The molecule has 0 aliphatic heterocycles. The Morgan fingerprint density at radius 3 is 2.67 bits per heavy atom. The molecule has 12 heavy (non-hydrogen) atoms. The Hall–Kier alpha value is -1.50. The number of hydrazone groups is 1. The van der Waals surface area contributed by atoms with Crippen molar-refractivity contribution in [2.24, 2.45) is 22.4 Å². The molecule has 0 aliphatic rings. The van der Waals surface area contributed by atoms with Gasteiger partial charge in [0.05, 0.1) is 6.61 Å². The first kappa shape index (κ1) is 10.5. The van der Waals surface area contributed by atoms with Crippen molar-refractivity contribution in [3.8, 4) is 0 Å². The number of nitrogens with zero attached hydrogens (tertiary/aromatic N) is 1. The van der Waals surface area contributed by atoms with Gasteiger partial charge < -0.3 is 27.2 Å². The number of hydrogen-bond donors (Lipinski definition) is 4. The van der Waals surface area contributed by atoms with Gasteiger partial charge in [-0.15, -0.1) is 5.10 Å². The zero-order chi connectivity index (χ0) is 9.56. The van der Waals surface area contributed by atoms with Gasteiger partial charge in [0, 0.05) is 6.42 Å². The van der Waals surface area contributed by atoms with Crippen LogP contribution in [0, 0.1) is 0 Å². The number of ether oxygens (including phenoxy) is 1. The molecule has 0 fully saturated rings. The Kier molecular flexibility index (Phi) is 4.54. The lowest BCUT2D eigenvalue weighted by Gasteiger charge is -2.06. The average molecular weight is 176 g/mol. The Morgan fingerprint density at radius 2 is 2.25 bits per heavy atom. The average Bonchev–Trinajstić information content (AvgIpc) is 2.03. The van der Waals surface area contributed by atoms with Crippen LogP contribution in [0.25, 0.3) is 0 Å². The molecule has 0 bridgehead atoms. The summed E-state index contributed by atoms with van der Waals surface area (Å²) in [4.78, 5) is 10.2. The number of hydrogen-bond acceptors (Lipinski definition) is 5.